The number of aromatic nitrogens is 4. The molecule has 3 aromatic rings. The predicted octanol–water partition coefficient (Wildman–Crippen LogP) is 2.71. The molecule has 1 fully saturated rings. The molecule has 3 aromatic heterocycles. The smallest absolute Gasteiger partial charge is 0.252 e. The van der Waals surface area contributed by atoms with Crippen molar-refractivity contribution in [2.75, 3.05) is 13.1 Å². The fourth-order valence-corrected chi connectivity index (χ4v) is 3.16. The van der Waals surface area contributed by atoms with Crippen LogP contribution in [0.3, 0.4) is 0 Å². The minimum Gasteiger partial charge on any atom is -0.367 e. The molecule has 0 spiro atoms. The van der Waals surface area contributed by atoms with Crippen LogP contribution in [-0.2, 0) is 17.9 Å². The monoisotopic (exact) mass is 351 g/mol. The number of piperidine rings is 1. The summed E-state index contributed by atoms with van der Waals surface area (Å²) in [4.78, 5) is 15.0. The number of rotatable bonds is 6. The molecule has 7 heteroatoms. The topological polar surface area (TPSA) is 77.2 Å². The Morgan fingerprint density at radius 1 is 1.15 bits per heavy atom. The molecule has 0 amide bonds. The van der Waals surface area contributed by atoms with Crippen molar-refractivity contribution in [3.05, 3.63) is 60.5 Å². The van der Waals surface area contributed by atoms with E-state index in [-0.39, 0.29) is 6.10 Å². The van der Waals surface area contributed by atoms with E-state index in [1.807, 2.05) is 24.4 Å². The van der Waals surface area contributed by atoms with Gasteiger partial charge in [-0.3, -0.25) is 14.9 Å². The van der Waals surface area contributed by atoms with E-state index < -0.39 is 0 Å². The molecule has 7 nitrogen and oxygen atoms in total. The summed E-state index contributed by atoms with van der Waals surface area (Å²) < 4.78 is 11.3. The number of hydrogen-bond acceptors (Lipinski definition) is 7. The average Bonchev–Trinajstić information content (AvgIpc) is 3.17. The van der Waals surface area contributed by atoms with Crippen LogP contribution in [0.25, 0.3) is 11.4 Å². The molecule has 0 bridgehead atoms. The van der Waals surface area contributed by atoms with Crippen molar-refractivity contribution in [1.82, 2.24) is 25.0 Å². The molecular weight excluding hydrogens is 330 g/mol. The van der Waals surface area contributed by atoms with Crippen molar-refractivity contribution in [1.29, 1.82) is 0 Å². The van der Waals surface area contributed by atoms with Crippen LogP contribution < -0.4 is 0 Å². The highest BCUT2D eigenvalue weighted by atomic mass is 16.5. The van der Waals surface area contributed by atoms with Gasteiger partial charge in [-0.25, -0.2) is 0 Å². The van der Waals surface area contributed by atoms with Gasteiger partial charge < -0.3 is 9.26 Å². The van der Waals surface area contributed by atoms with Crippen molar-refractivity contribution in [3.8, 4) is 11.4 Å². The second-order valence-electron chi connectivity index (χ2n) is 6.42. The second-order valence-corrected chi connectivity index (χ2v) is 6.42. The van der Waals surface area contributed by atoms with Crippen LogP contribution in [0.2, 0.25) is 0 Å². The molecule has 1 atom stereocenters. The Morgan fingerprint density at radius 3 is 2.92 bits per heavy atom. The van der Waals surface area contributed by atoms with Gasteiger partial charge in [-0.05, 0) is 43.1 Å². The molecule has 0 radical (unpaired) electrons. The summed E-state index contributed by atoms with van der Waals surface area (Å²) in [6.45, 7) is 3.23. The summed E-state index contributed by atoms with van der Waals surface area (Å²) in [5.74, 6) is 1.06. The molecule has 0 aliphatic carbocycles. The molecule has 0 N–H and O–H groups in total. The van der Waals surface area contributed by atoms with Gasteiger partial charge in [0.1, 0.15) is 6.61 Å². The van der Waals surface area contributed by atoms with Gasteiger partial charge in [0.2, 0.25) is 5.82 Å². The zero-order valence-electron chi connectivity index (χ0n) is 14.5. The van der Waals surface area contributed by atoms with Crippen LogP contribution in [0.5, 0.6) is 0 Å². The zero-order chi connectivity index (χ0) is 17.6. The third kappa shape index (κ3) is 4.30. The van der Waals surface area contributed by atoms with Crippen molar-refractivity contribution in [2.24, 2.45) is 0 Å². The Balaban J connectivity index is 1.30. The maximum absolute atomic E-state index is 6.02. The standard InChI is InChI=1S/C19H21N5O2/c1-3-15(11-21-7-1)12-24-10-2-4-17(13-24)25-14-18-22-19(23-26-18)16-5-8-20-9-6-16/h1,3,5-9,11,17H,2,4,10,12-14H2/t17-/m1/s1. The highest BCUT2D eigenvalue weighted by molar-refractivity contribution is 5.52. The summed E-state index contributed by atoms with van der Waals surface area (Å²) in [6, 6.07) is 7.79. The largest absolute Gasteiger partial charge is 0.367 e. The molecule has 0 saturated carbocycles. The summed E-state index contributed by atoms with van der Waals surface area (Å²) in [5.41, 5.74) is 2.11. The van der Waals surface area contributed by atoms with Crippen LogP contribution in [0.4, 0.5) is 0 Å². The Kier molecular flexibility index (Phi) is 5.27. The van der Waals surface area contributed by atoms with Crippen LogP contribution >= 0.6 is 0 Å². The summed E-state index contributed by atoms with van der Waals surface area (Å²) in [7, 11) is 0. The van der Waals surface area contributed by atoms with Gasteiger partial charge in [-0.2, -0.15) is 4.98 Å². The SMILES string of the molecule is c1cncc(CN2CCC[C@@H](OCc3nc(-c4ccncc4)no3)C2)c1. The third-order valence-corrected chi connectivity index (χ3v) is 4.44. The third-order valence-electron chi connectivity index (χ3n) is 4.44. The number of pyridine rings is 2. The lowest BCUT2D eigenvalue weighted by atomic mass is 10.1. The number of nitrogens with zero attached hydrogens (tertiary/aromatic N) is 5. The Bertz CT molecular complexity index is 809. The van der Waals surface area contributed by atoms with Gasteiger partial charge in [0.05, 0.1) is 6.10 Å². The highest BCUT2D eigenvalue weighted by Gasteiger charge is 2.21. The molecule has 26 heavy (non-hydrogen) atoms. The lowest BCUT2D eigenvalue weighted by molar-refractivity contribution is -0.0211. The number of likely N-dealkylation sites (tertiary alicyclic amines) is 1. The molecule has 0 aromatic carbocycles. The first kappa shape index (κ1) is 16.8. The van der Waals surface area contributed by atoms with Gasteiger partial charge in [0, 0.05) is 43.4 Å². The van der Waals surface area contributed by atoms with Crippen LogP contribution in [0.15, 0.2) is 53.6 Å². The van der Waals surface area contributed by atoms with Gasteiger partial charge in [-0.15, -0.1) is 0 Å². The first-order chi connectivity index (χ1) is 12.9. The van der Waals surface area contributed by atoms with Gasteiger partial charge in [0.15, 0.2) is 0 Å². The molecule has 1 saturated heterocycles. The Morgan fingerprint density at radius 2 is 2.08 bits per heavy atom. The summed E-state index contributed by atoms with van der Waals surface area (Å²) in [6.07, 6.45) is 9.49. The van der Waals surface area contributed by atoms with E-state index >= 15 is 0 Å². The van der Waals surface area contributed by atoms with Crippen molar-refractivity contribution < 1.29 is 9.26 Å². The minimum absolute atomic E-state index is 0.177. The van der Waals surface area contributed by atoms with E-state index in [9.17, 15) is 0 Å². The van der Waals surface area contributed by atoms with E-state index in [2.05, 4.69) is 31.1 Å². The first-order valence-corrected chi connectivity index (χ1v) is 8.83. The Labute approximate surface area is 152 Å². The van der Waals surface area contributed by atoms with Gasteiger partial charge in [-0.1, -0.05) is 11.2 Å². The zero-order valence-corrected chi connectivity index (χ0v) is 14.5. The van der Waals surface area contributed by atoms with Crippen LogP contribution in [0, 0.1) is 0 Å². The van der Waals surface area contributed by atoms with E-state index in [1.165, 1.54) is 5.56 Å². The number of hydrogen-bond donors (Lipinski definition) is 0. The fraction of sp³-hybridized carbons (Fsp3) is 0.368. The van der Waals surface area contributed by atoms with E-state index in [4.69, 9.17) is 9.26 Å². The maximum Gasteiger partial charge on any atom is 0.252 e. The number of ether oxygens (including phenoxy) is 1. The molecule has 1 aliphatic rings. The van der Waals surface area contributed by atoms with Crippen LogP contribution in [-0.4, -0.2) is 44.2 Å². The van der Waals surface area contributed by atoms with E-state index in [0.717, 1.165) is 38.0 Å². The summed E-state index contributed by atoms with van der Waals surface area (Å²) >= 11 is 0. The first-order valence-electron chi connectivity index (χ1n) is 8.83. The quantitative estimate of drug-likeness (QED) is 0.676. The minimum atomic E-state index is 0.177. The lowest BCUT2D eigenvalue weighted by Crippen LogP contribution is -2.39. The predicted molar refractivity (Wildman–Crippen MR) is 94.9 cm³/mol. The van der Waals surface area contributed by atoms with E-state index in [0.29, 0.717) is 18.3 Å². The highest BCUT2D eigenvalue weighted by Crippen LogP contribution is 2.18. The van der Waals surface area contributed by atoms with Crippen molar-refractivity contribution >= 4 is 0 Å². The van der Waals surface area contributed by atoms with Crippen molar-refractivity contribution in [2.45, 2.75) is 32.1 Å². The molecule has 4 heterocycles. The summed E-state index contributed by atoms with van der Waals surface area (Å²) in [5, 5.41) is 4.01. The molecule has 1 aliphatic heterocycles. The normalized spacial score (nSPS) is 18.1. The molecule has 0 unspecified atom stereocenters. The molecule has 134 valence electrons. The van der Waals surface area contributed by atoms with Gasteiger partial charge >= 0.3 is 0 Å². The molecule has 4 rings (SSSR count). The fourth-order valence-electron chi connectivity index (χ4n) is 3.16. The Hall–Kier alpha value is -2.64. The molecular formula is C19H21N5O2. The van der Waals surface area contributed by atoms with Gasteiger partial charge in [0.25, 0.3) is 5.89 Å². The van der Waals surface area contributed by atoms with Crippen molar-refractivity contribution in [3.63, 3.8) is 0 Å². The second kappa shape index (κ2) is 8.16. The van der Waals surface area contributed by atoms with Crippen LogP contribution in [0.1, 0.15) is 24.3 Å². The van der Waals surface area contributed by atoms with E-state index in [1.54, 1.807) is 18.6 Å². The average molecular weight is 351 g/mol. The lowest BCUT2D eigenvalue weighted by Gasteiger charge is -2.32. The maximum atomic E-state index is 6.02.